The van der Waals surface area contributed by atoms with Crippen LogP contribution >= 0.6 is 23.1 Å². The molecule has 0 saturated heterocycles. The molecule has 0 aliphatic rings. The minimum Gasteiger partial charge on any atom is -0.495 e. The van der Waals surface area contributed by atoms with Crippen LogP contribution < -0.4 is 14.8 Å². The zero-order valence-electron chi connectivity index (χ0n) is 15.0. The average molecular weight is 402 g/mol. The number of hydrogen-bond donors (Lipinski definition) is 1. The minimum atomic E-state index is -0.00515. The summed E-state index contributed by atoms with van der Waals surface area (Å²) in [4.78, 5) is 11.6. The van der Waals surface area contributed by atoms with Crippen molar-refractivity contribution in [3.63, 3.8) is 0 Å². The van der Waals surface area contributed by atoms with E-state index in [9.17, 15) is 4.79 Å². The number of nitrogens with zero attached hydrogens (tertiary/aromatic N) is 2. The van der Waals surface area contributed by atoms with Crippen LogP contribution in [0.5, 0.6) is 11.5 Å². The van der Waals surface area contributed by atoms with Crippen LogP contribution in [0.1, 0.15) is 17.3 Å². The fourth-order valence-corrected chi connectivity index (χ4v) is 4.00. The molecule has 3 rings (SSSR count). The van der Waals surface area contributed by atoms with E-state index in [1.165, 1.54) is 18.3 Å². The van der Waals surface area contributed by atoms with Crippen molar-refractivity contribution in [2.24, 2.45) is 0 Å². The molecule has 0 aliphatic heterocycles. The fourth-order valence-electron chi connectivity index (χ4n) is 2.35. The Kier molecular flexibility index (Phi) is 6.67. The highest BCUT2D eigenvalue weighted by atomic mass is 32.2. The quantitative estimate of drug-likeness (QED) is 0.317. The Balaban J connectivity index is 1.51. The normalized spacial score (nSPS) is 10.4. The van der Waals surface area contributed by atoms with Crippen LogP contribution in [0.2, 0.25) is 0 Å². The summed E-state index contributed by atoms with van der Waals surface area (Å²) in [5.74, 6) is 2.06. The number of para-hydroxylation sites is 3. The first-order valence-corrected chi connectivity index (χ1v) is 10.1. The Morgan fingerprint density at radius 2 is 1.85 bits per heavy atom. The molecule has 140 valence electrons. The highest BCUT2D eigenvalue weighted by molar-refractivity contribution is 8.01. The molecule has 3 aromatic rings. The Morgan fingerprint density at radius 3 is 2.63 bits per heavy atom. The van der Waals surface area contributed by atoms with Gasteiger partial charge in [0.05, 0.1) is 25.0 Å². The molecular formula is C19H19N3O3S2. The molecule has 1 heterocycles. The van der Waals surface area contributed by atoms with Crippen LogP contribution in [0.25, 0.3) is 0 Å². The number of carbonyl (C=O) groups is 1. The van der Waals surface area contributed by atoms with E-state index in [0.717, 1.165) is 15.8 Å². The summed E-state index contributed by atoms with van der Waals surface area (Å²) in [6.07, 6.45) is 0. The van der Waals surface area contributed by atoms with Gasteiger partial charge >= 0.3 is 0 Å². The van der Waals surface area contributed by atoms with Gasteiger partial charge in [0.1, 0.15) is 11.5 Å². The summed E-state index contributed by atoms with van der Waals surface area (Å²) in [6, 6.07) is 14.9. The second kappa shape index (κ2) is 9.38. The second-order valence-electron chi connectivity index (χ2n) is 5.45. The molecule has 2 aromatic carbocycles. The number of ketones is 1. The van der Waals surface area contributed by atoms with E-state index in [1.54, 1.807) is 24.9 Å². The van der Waals surface area contributed by atoms with Gasteiger partial charge in [-0.2, -0.15) is 0 Å². The van der Waals surface area contributed by atoms with E-state index >= 15 is 0 Å². The third-order valence-electron chi connectivity index (χ3n) is 3.59. The van der Waals surface area contributed by atoms with Crippen molar-refractivity contribution in [3.8, 4) is 11.5 Å². The lowest BCUT2D eigenvalue weighted by atomic mass is 10.1. The van der Waals surface area contributed by atoms with Crippen LogP contribution in [-0.2, 0) is 0 Å². The van der Waals surface area contributed by atoms with Crippen molar-refractivity contribution in [3.05, 3.63) is 54.1 Å². The zero-order valence-corrected chi connectivity index (χ0v) is 16.6. The Morgan fingerprint density at radius 1 is 1.11 bits per heavy atom. The molecule has 6 nitrogen and oxygen atoms in total. The average Bonchev–Trinajstić information content (AvgIpc) is 3.13. The third kappa shape index (κ3) is 5.21. The molecule has 0 atom stereocenters. The van der Waals surface area contributed by atoms with Crippen molar-refractivity contribution in [2.45, 2.75) is 11.3 Å². The molecule has 0 radical (unpaired) electrons. The molecule has 27 heavy (non-hydrogen) atoms. The zero-order chi connectivity index (χ0) is 19.1. The number of aromatic nitrogens is 2. The molecule has 1 N–H and O–H groups in total. The maximum absolute atomic E-state index is 11.6. The number of hydrogen-bond acceptors (Lipinski definition) is 8. The van der Waals surface area contributed by atoms with Gasteiger partial charge in [-0.05, 0) is 31.2 Å². The molecule has 0 unspecified atom stereocenters. The van der Waals surface area contributed by atoms with Crippen LogP contribution in [-0.4, -0.2) is 35.5 Å². The van der Waals surface area contributed by atoms with Crippen LogP contribution in [0.4, 0.5) is 10.8 Å². The topological polar surface area (TPSA) is 73.3 Å². The SMILES string of the molecule is COc1ccccc1Nc1nnc(SCCOc2ccccc2C(C)=O)s1. The number of Topliss-reactive ketones (excluding diaryl/α,β-unsaturated/α-hetero) is 1. The smallest absolute Gasteiger partial charge is 0.210 e. The molecule has 0 aliphatic carbocycles. The predicted molar refractivity (Wildman–Crippen MR) is 109 cm³/mol. The number of anilines is 2. The first-order valence-electron chi connectivity index (χ1n) is 8.26. The van der Waals surface area contributed by atoms with Gasteiger partial charge in [0, 0.05) is 5.75 Å². The lowest BCUT2D eigenvalue weighted by molar-refractivity contribution is 0.101. The number of thioether (sulfide) groups is 1. The van der Waals surface area contributed by atoms with Crippen LogP contribution in [0, 0.1) is 0 Å². The number of benzene rings is 2. The maximum atomic E-state index is 11.6. The third-order valence-corrected chi connectivity index (χ3v) is 5.52. The van der Waals surface area contributed by atoms with Crippen molar-refractivity contribution >= 4 is 39.7 Å². The predicted octanol–water partition coefficient (Wildman–Crippen LogP) is 4.66. The summed E-state index contributed by atoms with van der Waals surface area (Å²) < 4.78 is 11.9. The molecule has 0 fully saturated rings. The van der Waals surface area contributed by atoms with Gasteiger partial charge in [0.25, 0.3) is 0 Å². The van der Waals surface area contributed by atoms with E-state index < -0.39 is 0 Å². The monoisotopic (exact) mass is 401 g/mol. The standard InChI is InChI=1S/C19H19N3O3S2/c1-13(23)14-7-3-5-9-16(14)25-11-12-26-19-22-21-18(27-19)20-15-8-4-6-10-17(15)24-2/h3-10H,11-12H2,1-2H3,(H,20,21). The van der Waals surface area contributed by atoms with E-state index in [4.69, 9.17) is 9.47 Å². The number of rotatable bonds is 9. The first-order chi connectivity index (χ1) is 13.2. The number of methoxy groups -OCH3 is 1. The second-order valence-corrected chi connectivity index (χ2v) is 7.77. The van der Waals surface area contributed by atoms with E-state index in [2.05, 4.69) is 15.5 Å². The van der Waals surface area contributed by atoms with E-state index in [1.807, 2.05) is 42.5 Å². The summed E-state index contributed by atoms with van der Waals surface area (Å²) >= 11 is 3.02. The highest BCUT2D eigenvalue weighted by Crippen LogP contribution is 2.31. The lowest BCUT2D eigenvalue weighted by Crippen LogP contribution is -2.04. The Bertz CT molecular complexity index is 914. The van der Waals surface area contributed by atoms with Crippen molar-refractivity contribution < 1.29 is 14.3 Å². The molecular weight excluding hydrogens is 382 g/mol. The summed E-state index contributed by atoms with van der Waals surface area (Å²) in [6.45, 7) is 2.01. The van der Waals surface area contributed by atoms with E-state index in [0.29, 0.717) is 28.8 Å². The van der Waals surface area contributed by atoms with E-state index in [-0.39, 0.29) is 5.78 Å². The fraction of sp³-hybridized carbons (Fsp3) is 0.211. The summed E-state index contributed by atoms with van der Waals surface area (Å²) in [5.41, 5.74) is 1.44. The molecule has 0 bridgehead atoms. The number of nitrogens with one attached hydrogen (secondary N) is 1. The van der Waals surface area contributed by atoms with Gasteiger partial charge in [0.2, 0.25) is 5.13 Å². The Hall–Kier alpha value is -2.58. The largest absolute Gasteiger partial charge is 0.495 e. The van der Waals surface area contributed by atoms with Crippen LogP contribution in [0.15, 0.2) is 52.9 Å². The lowest BCUT2D eigenvalue weighted by Gasteiger charge is -2.08. The van der Waals surface area contributed by atoms with Crippen molar-refractivity contribution in [1.82, 2.24) is 10.2 Å². The number of ether oxygens (including phenoxy) is 2. The molecule has 0 spiro atoms. The van der Waals surface area contributed by atoms with Gasteiger partial charge in [-0.25, -0.2) is 0 Å². The summed E-state index contributed by atoms with van der Waals surface area (Å²) in [5, 5.41) is 12.3. The van der Waals surface area contributed by atoms with Gasteiger partial charge < -0.3 is 14.8 Å². The van der Waals surface area contributed by atoms with Gasteiger partial charge in [0.15, 0.2) is 10.1 Å². The Labute approximate surface area is 165 Å². The first kappa shape index (κ1) is 19.2. The number of carbonyl (C=O) groups excluding carboxylic acids is 1. The molecule has 1 aromatic heterocycles. The molecule has 8 heteroatoms. The van der Waals surface area contributed by atoms with Crippen molar-refractivity contribution in [2.75, 3.05) is 24.8 Å². The molecule has 0 amide bonds. The van der Waals surface area contributed by atoms with Gasteiger partial charge in [-0.15, -0.1) is 10.2 Å². The van der Waals surface area contributed by atoms with Crippen molar-refractivity contribution in [1.29, 1.82) is 0 Å². The molecule has 0 saturated carbocycles. The van der Waals surface area contributed by atoms with Crippen LogP contribution in [0.3, 0.4) is 0 Å². The summed E-state index contributed by atoms with van der Waals surface area (Å²) in [7, 11) is 1.63. The van der Waals surface area contributed by atoms with Gasteiger partial charge in [-0.3, -0.25) is 4.79 Å². The minimum absolute atomic E-state index is 0.00515. The highest BCUT2D eigenvalue weighted by Gasteiger charge is 2.09. The van der Waals surface area contributed by atoms with Gasteiger partial charge in [-0.1, -0.05) is 47.4 Å². The maximum Gasteiger partial charge on any atom is 0.210 e.